The van der Waals surface area contributed by atoms with Crippen LogP contribution < -0.4 is 10.6 Å². The highest BCUT2D eigenvalue weighted by Crippen LogP contribution is 2.42. The lowest BCUT2D eigenvalue weighted by atomic mass is 9.98. The molecule has 1 aliphatic heterocycles. The Morgan fingerprint density at radius 1 is 1.00 bits per heavy atom. The van der Waals surface area contributed by atoms with Crippen LogP contribution in [0, 0.1) is 10.1 Å². The molecule has 3 aromatic rings. The second-order valence-corrected chi connectivity index (χ2v) is 6.77. The minimum absolute atomic E-state index is 0.0339. The Labute approximate surface area is 156 Å². The lowest BCUT2D eigenvalue weighted by Crippen LogP contribution is -2.44. The van der Waals surface area contributed by atoms with Crippen LogP contribution in [0.2, 0.25) is 0 Å². The van der Waals surface area contributed by atoms with Gasteiger partial charge in [0.05, 0.1) is 16.3 Å². The molecule has 7 nitrogen and oxygen atoms in total. The Kier molecular flexibility index (Phi) is 3.99. The van der Waals surface area contributed by atoms with Gasteiger partial charge in [-0.2, -0.15) is 5.11 Å². The molecule has 1 aliphatic rings. The van der Waals surface area contributed by atoms with Gasteiger partial charge in [0, 0.05) is 34.3 Å². The van der Waals surface area contributed by atoms with Gasteiger partial charge in [-0.05, 0) is 43.7 Å². The summed E-state index contributed by atoms with van der Waals surface area (Å²) in [5.41, 5.74) is 3.29. The molecule has 4 rings (SSSR count). The van der Waals surface area contributed by atoms with Crippen molar-refractivity contribution >= 4 is 39.2 Å². The van der Waals surface area contributed by atoms with E-state index in [1.807, 2.05) is 24.3 Å². The third-order valence-corrected chi connectivity index (χ3v) is 4.88. The second-order valence-electron chi connectivity index (χ2n) is 6.77. The highest BCUT2D eigenvalue weighted by molar-refractivity contribution is 6.09. The summed E-state index contributed by atoms with van der Waals surface area (Å²) in [4.78, 5) is 10.3. The first-order chi connectivity index (χ1) is 13.0. The first kappa shape index (κ1) is 17.0. The van der Waals surface area contributed by atoms with Crippen LogP contribution in [0.5, 0.6) is 0 Å². The van der Waals surface area contributed by atoms with Crippen LogP contribution in [0.15, 0.2) is 64.8 Å². The number of nitrogens with one attached hydrogen (secondary N) is 2. The molecule has 3 aromatic carbocycles. The van der Waals surface area contributed by atoms with Crippen LogP contribution in [0.1, 0.15) is 20.3 Å². The summed E-state index contributed by atoms with van der Waals surface area (Å²) < 4.78 is 0. The van der Waals surface area contributed by atoms with Crippen molar-refractivity contribution in [3.8, 4) is 0 Å². The molecule has 0 saturated heterocycles. The van der Waals surface area contributed by atoms with E-state index < -0.39 is 4.92 Å². The minimum Gasteiger partial charge on any atom is -0.363 e. The van der Waals surface area contributed by atoms with Crippen molar-refractivity contribution < 1.29 is 4.92 Å². The summed E-state index contributed by atoms with van der Waals surface area (Å²) in [7, 11) is 0. The summed E-state index contributed by atoms with van der Waals surface area (Å²) >= 11 is 0. The standard InChI is InChI=1S/C20H19N5O2/c1-3-20(2)21-17-6-4-5-15-16(11-12-18(22-20)19(15)17)24-23-13-7-9-14(10-8-13)25(26)27/h4-12,21-22H,3H2,1-2H3/b24-23+. The predicted molar refractivity (Wildman–Crippen MR) is 107 cm³/mol. The Morgan fingerprint density at radius 3 is 2.37 bits per heavy atom. The summed E-state index contributed by atoms with van der Waals surface area (Å²) in [6.07, 6.45) is 0.935. The van der Waals surface area contributed by atoms with E-state index in [0.717, 1.165) is 34.3 Å². The highest BCUT2D eigenvalue weighted by atomic mass is 16.6. The van der Waals surface area contributed by atoms with Crippen LogP contribution in [-0.4, -0.2) is 10.6 Å². The lowest BCUT2D eigenvalue weighted by molar-refractivity contribution is -0.384. The number of anilines is 2. The maximum absolute atomic E-state index is 10.7. The molecule has 0 fully saturated rings. The van der Waals surface area contributed by atoms with Gasteiger partial charge in [0.1, 0.15) is 5.66 Å². The van der Waals surface area contributed by atoms with Crippen molar-refractivity contribution in [2.24, 2.45) is 10.2 Å². The number of azo groups is 1. The molecule has 1 unspecified atom stereocenters. The first-order valence-electron chi connectivity index (χ1n) is 8.77. The fraction of sp³-hybridized carbons (Fsp3) is 0.200. The zero-order valence-corrected chi connectivity index (χ0v) is 15.1. The molecule has 27 heavy (non-hydrogen) atoms. The molecule has 136 valence electrons. The van der Waals surface area contributed by atoms with Gasteiger partial charge in [-0.3, -0.25) is 10.1 Å². The fourth-order valence-corrected chi connectivity index (χ4v) is 3.24. The molecule has 0 amide bonds. The SMILES string of the molecule is CCC1(C)Nc2cccc3c(/N=N/c4ccc([N+](=O)[O-])cc4)ccc(c23)N1. The number of hydrogen-bond donors (Lipinski definition) is 2. The molecule has 0 radical (unpaired) electrons. The largest absolute Gasteiger partial charge is 0.363 e. The lowest BCUT2D eigenvalue weighted by Gasteiger charge is -2.38. The van der Waals surface area contributed by atoms with E-state index in [1.54, 1.807) is 12.1 Å². The molecule has 2 N–H and O–H groups in total. The maximum Gasteiger partial charge on any atom is 0.269 e. The smallest absolute Gasteiger partial charge is 0.269 e. The predicted octanol–water partition coefficient (Wildman–Crippen LogP) is 6.13. The van der Waals surface area contributed by atoms with Gasteiger partial charge in [0.2, 0.25) is 0 Å². The van der Waals surface area contributed by atoms with Gasteiger partial charge >= 0.3 is 0 Å². The van der Waals surface area contributed by atoms with Crippen LogP contribution in [0.3, 0.4) is 0 Å². The normalized spacial score (nSPS) is 18.3. The number of hydrogen-bond acceptors (Lipinski definition) is 6. The quantitative estimate of drug-likeness (QED) is 0.332. The van der Waals surface area contributed by atoms with Crippen molar-refractivity contribution in [3.05, 3.63) is 64.7 Å². The molecule has 1 atom stereocenters. The average molecular weight is 361 g/mol. The highest BCUT2D eigenvalue weighted by Gasteiger charge is 2.28. The number of non-ortho nitro benzene ring substituents is 1. The van der Waals surface area contributed by atoms with E-state index in [4.69, 9.17) is 0 Å². The zero-order valence-electron chi connectivity index (χ0n) is 15.1. The van der Waals surface area contributed by atoms with Crippen molar-refractivity contribution in [3.63, 3.8) is 0 Å². The number of benzene rings is 3. The van der Waals surface area contributed by atoms with Crippen LogP contribution >= 0.6 is 0 Å². The first-order valence-corrected chi connectivity index (χ1v) is 8.77. The second kappa shape index (κ2) is 6.35. The minimum atomic E-state index is -0.433. The summed E-state index contributed by atoms with van der Waals surface area (Å²) in [6.45, 7) is 4.27. The van der Waals surface area contributed by atoms with Gasteiger partial charge in [-0.15, -0.1) is 5.11 Å². The van der Waals surface area contributed by atoms with E-state index in [2.05, 4.69) is 40.8 Å². The third kappa shape index (κ3) is 3.08. The number of rotatable bonds is 4. The third-order valence-electron chi connectivity index (χ3n) is 4.88. The number of nitrogens with zero attached hydrogens (tertiary/aromatic N) is 3. The topological polar surface area (TPSA) is 91.9 Å². The molecule has 0 spiro atoms. The van der Waals surface area contributed by atoms with Crippen LogP contribution in [0.4, 0.5) is 28.4 Å². The van der Waals surface area contributed by atoms with E-state index in [0.29, 0.717) is 5.69 Å². The van der Waals surface area contributed by atoms with Gasteiger partial charge in [-0.25, -0.2) is 0 Å². The zero-order chi connectivity index (χ0) is 19.0. The molecule has 1 heterocycles. The Morgan fingerprint density at radius 2 is 1.70 bits per heavy atom. The van der Waals surface area contributed by atoms with Crippen molar-refractivity contribution in [1.29, 1.82) is 0 Å². The molecular weight excluding hydrogens is 342 g/mol. The van der Waals surface area contributed by atoms with E-state index >= 15 is 0 Å². The molecule has 7 heteroatoms. The van der Waals surface area contributed by atoms with Gasteiger partial charge < -0.3 is 10.6 Å². The van der Waals surface area contributed by atoms with Crippen molar-refractivity contribution in [1.82, 2.24) is 0 Å². The van der Waals surface area contributed by atoms with Crippen molar-refractivity contribution in [2.45, 2.75) is 25.9 Å². The molecular formula is C20H19N5O2. The monoisotopic (exact) mass is 361 g/mol. The fourth-order valence-electron chi connectivity index (χ4n) is 3.24. The number of nitro benzene ring substituents is 1. The summed E-state index contributed by atoms with van der Waals surface area (Å²) in [5, 5.41) is 28.6. The van der Waals surface area contributed by atoms with Crippen LogP contribution in [-0.2, 0) is 0 Å². The molecule has 0 aliphatic carbocycles. The van der Waals surface area contributed by atoms with E-state index in [-0.39, 0.29) is 11.4 Å². The van der Waals surface area contributed by atoms with Crippen LogP contribution in [0.25, 0.3) is 10.8 Å². The molecule has 0 bridgehead atoms. The van der Waals surface area contributed by atoms with Gasteiger partial charge in [0.25, 0.3) is 5.69 Å². The number of nitro groups is 1. The summed E-state index contributed by atoms with van der Waals surface area (Å²) in [6, 6.07) is 16.1. The average Bonchev–Trinajstić information content (AvgIpc) is 2.67. The Hall–Kier alpha value is -3.48. The Balaban J connectivity index is 1.72. The van der Waals surface area contributed by atoms with Gasteiger partial charge in [0.15, 0.2) is 0 Å². The maximum atomic E-state index is 10.7. The molecule has 0 saturated carbocycles. The molecule has 0 aromatic heterocycles. The van der Waals surface area contributed by atoms with E-state index in [1.165, 1.54) is 12.1 Å². The van der Waals surface area contributed by atoms with E-state index in [9.17, 15) is 10.1 Å². The van der Waals surface area contributed by atoms with Gasteiger partial charge in [-0.1, -0.05) is 19.1 Å². The summed E-state index contributed by atoms with van der Waals surface area (Å²) in [5.74, 6) is 0. The van der Waals surface area contributed by atoms with Crippen molar-refractivity contribution in [2.75, 3.05) is 10.6 Å². The Bertz CT molecular complexity index is 1050.